The van der Waals surface area contributed by atoms with Crippen molar-refractivity contribution in [1.29, 1.82) is 0 Å². The minimum absolute atomic E-state index is 1.30. The van der Waals surface area contributed by atoms with Gasteiger partial charge in [-0.05, 0) is 36.9 Å². The third-order valence-electron chi connectivity index (χ3n) is 3.32. The second-order valence-corrected chi connectivity index (χ2v) is 13.7. The molecule has 1 nitrogen and oxygen atoms in total. The lowest BCUT2D eigenvalue weighted by molar-refractivity contribution is 0.519. The zero-order valence-corrected chi connectivity index (χ0v) is 11.9. The third-order valence-corrected chi connectivity index (χ3v) is 11.8. The van der Waals surface area contributed by atoms with Crippen LogP contribution in [0.25, 0.3) is 0 Å². The summed E-state index contributed by atoms with van der Waals surface area (Å²) in [4.78, 5) is 0. The molecule has 0 aromatic heterocycles. The number of rotatable bonds is 1. The van der Waals surface area contributed by atoms with Crippen molar-refractivity contribution in [3.05, 3.63) is 30.3 Å². The molecule has 15 heavy (non-hydrogen) atoms. The van der Waals surface area contributed by atoms with E-state index in [1.54, 1.807) is 0 Å². The molecule has 2 rings (SSSR count). The minimum atomic E-state index is -1.59. The number of hydrogen-bond donors (Lipinski definition) is 0. The van der Waals surface area contributed by atoms with Crippen LogP contribution in [0.3, 0.4) is 0 Å². The van der Waals surface area contributed by atoms with Crippen molar-refractivity contribution in [1.82, 2.24) is 0 Å². The topological polar surface area (TPSA) is 9.23 Å². The van der Waals surface area contributed by atoms with E-state index < -0.39 is 16.6 Å². The van der Waals surface area contributed by atoms with Crippen LogP contribution in [0.1, 0.15) is 6.42 Å². The Bertz CT molecular complexity index is 337. The molecule has 0 radical (unpaired) electrons. The van der Waals surface area contributed by atoms with Crippen molar-refractivity contribution in [2.24, 2.45) is 0 Å². The summed E-state index contributed by atoms with van der Waals surface area (Å²) in [7, 11) is -2.93. The standard InChI is InChI=1S/C12H20OSi2/c1-14(2)10-7-11-15(3,13-14)12-8-5-4-6-9-12/h4-6,8-9H,7,10-11H2,1-3H3. The fourth-order valence-electron chi connectivity index (χ4n) is 2.56. The molecule has 1 aromatic carbocycles. The van der Waals surface area contributed by atoms with Gasteiger partial charge in [-0.3, -0.25) is 0 Å². The van der Waals surface area contributed by atoms with E-state index in [1.807, 2.05) is 0 Å². The van der Waals surface area contributed by atoms with Crippen molar-refractivity contribution < 1.29 is 4.12 Å². The van der Waals surface area contributed by atoms with Gasteiger partial charge >= 0.3 is 0 Å². The van der Waals surface area contributed by atoms with Crippen LogP contribution in [0.2, 0.25) is 31.7 Å². The maximum atomic E-state index is 6.53. The first-order chi connectivity index (χ1) is 7.02. The van der Waals surface area contributed by atoms with Gasteiger partial charge in [-0.2, -0.15) is 0 Å². The van der Waals surface area contributed by atoms with E-state index in [1.165, 1.54) is 23.7 Å². The predicted octanol–water partition coefficient (Wildman–Crippen LogP) is 3.09. The van der Waals surface area contributed by atoms with E-state index >= 15 is 0 Å². The lowest BCUT2D eigenvalue weighted by atomic mass is 10.4. The molecule has 1 aliphatic heterocycles. The summed E-state index contributed by atoms with van der Waals surface area (Å²) in [5.41, 5.74) is 0. The van der Waals surface area contributed by atoms with E-state index in [9.17, 15) is 0 Å². The summed E-state index contributed by atoms with van der Waals surface area (Å²) in [6.45, 7) is 7.11. The second kappa shape index (κ2) is 3.88. The Morgan fingerprint density at radius 1 is 1.00 bits per heavy atom. The normalized spacial score (nSPS) is 30.1. The molecular formula is C12H20OSi2. The van der Waals surface area contributed by atoms with Crippen molar-refractivity contribution in [3.8, 4) is 0 Å². The van der Waals surface area contributed by atoms with Crippen LogP contribution >= 0.6 is 0 Å². The predicted molar refractivity (Wildman–Crippen MR) is 70.5 cm³/mol. The summed E-state index contributed by atoms with van der Waals surface area (Å²) in [5, 5.41) is 1.48. The average molecular weight is 236 g/mol. The summed E-state index contributed by atoms with van der Waals surface area (Å²) in [5.74, 6) is 0. The Morgan fingerprint density at radius 3 is 2.27 bits per heavy atom. The van der Waals surface area contributed by atoms with Gasteiger partial charge in [0, 0.05) is 0 Å². The van der Waals surface area contributed by atoms with Crippen molar-refractivity contribution in [2.75, 3.05) is 0 Å². The van der Waals surface area contributed by atoms with Gasteiger partial charge < -0.3 is 4.12 Å². The van der Waals surface area contributed by atoms with Crippen molar-refractivity contribution in [2.45, 2.75) is 38.2 Å². The zero-order valence-electron chi connectivity index (χ0n) is 9.92. The largest absolute Gasteiger partial charge is 0.452 e. The highest BCUT2D eigenvalue weighted by Crippen LogP contribution is 2.30. The molecule has 0 aliphatic carbocycles. The van der Waals surface area contributed by atoms with Crippen molar-refractivity contribution >= 4 is 21.8 Å². The molecule has 0 bridgehead atoms. The van der Waals surface area contributed by atoms with E-state index in [-0.39, 0.29) is 0 Å². The van der Waals surface area contributed by atoms with Crippen LogP contribution in [0.15, 0.2) is 30.3 Å². The summed E-state index contributed by atoms with van der Waals surface area (Å²) < 4.78 is 6.53. The highest BCUT2D eigenvalue weighted by Gasteiger charge is 2.41. The molecule has 1 aromatic rings. The quantitative estimate of drug-likeness (QED) is 0.681. The summed E-state index contributed by atoms with van der Waals surface area (Å²) in [6.07, 6.45) is 1.37. The molecule has 1 atom stereocenters. The first kappa shape index (κ1) is 11.1. The summed E-state index contributed by atoms with van der Waals surface area (Å²) in [6, 6.07) is 13.5. The molecule has 82 valence electrons. The molecule has 0 spiro atoms. The molecule has 0 saturated carbocycles. The van der Waals surface area contributed by atoms with Gasteiger partial charge in [0.05, 0.1) is 0 Å². The first-order valence-electron chi connectivity index (χ1n) is 5.78. The molecule has 1 aliphatic rings. The fourth-order valence-corrected chi connectivity index (χ4v) is 12.1. The van der Waals surface area contributed by atoms with Gasteiger partial charge in [-0.1, -0.05) is 36.8 Å². The monoisotopic (exact) mass is 236 g/mol. The SMILES string of the molecule is C[Si]1(C)CCC[Si](C)(c2ccccc2)O1. The Morgan fingerprint density at radius 2 is 1.67 bits per heavy atom. The average Bonchev–Trinajstić information content (AvgIpc) is 2.17. The lowest BCUT2D eigenvalue weighted by Gasteiger charge is -2.41. The molecule has 1 unspecified atom stereocenters. The first-order valence-corrected chi connectivity index (χ1v) is 11.5. The van der Waals surface area contributed by atoms with Crippen LogP contribution in [-0.4, -0.2) is 16.6 Å². The molecule has 0 N–H and O–H groups in total. The van der Waals surface area contributed by atoms with Gasteiger partial charge in [0.25, 0.3) is 0 Å². The number of hydrogen-bond acceptors (Lipinski definition) is 1. The van der Waals surface area contributed by atoms with E-state index in [0.29, 0.717) is 0 Å². The van der Waals surface area contributed by atoms with Gasteiger partial charge in [0.1, 0.15) is 0 Å². The number of benzene rings is 1. The van der Waals surface area contributed by atoms with Crippen LogP contribution in [0.4, 0.5) is 0 Å². The Balaban J connectivity index is 2.27. The zero-order chi connectivity index (χ0) is 10.9. The Kier molecular flexibility index (Phi) is 2.88. The van der Waals surface area contributed by atoms with Crippen LogP contribution in [0, 0.1) is 0 Å². The smallest absolute Gasteiger partial charge is 0.209 e. The third kappa shape index (κ3) is 2.41. The molecule has 0 amide bonds. The molecule has 1 saturated heterocycles. The van der Waals surface area contributed by atoms with Gasteiger partial charge in [0.15, 0.2) is 8.32 Å². The highest BCUT2D eigenvalue weighted by atomic mass is 28.4. The van der Waals surface area contributed by atoms with E-state index in [0.717, 1.165) is 0 Å². The second-order valence-electron chi connectivity index (χ2n) is 5.31. The summed E-state index contributed by atoms with van der Waals surface area (Å²) >= 11 is 0. The minimum Gasteiger partial charge on any atom is -0.452 e. The van der Waals surface area contributed by atoms with E-state index in [4.69, 9.17) is 4.12 Å². The van der Waals surface area contributed by atoms with Crippen molar-refractivity contribution in [3.63, 3.8) is 0 Å². The molecular weight excluding hydrogens is 216 g/mol. The molecule has 1 heterocycles. The van der Waals surface area contributed by atoms with Crippen LogP contribution < -0.4 is 5.19 Å². The fraction of sp³-hybridized carbons (Fsp3) is 0.500. The molecule has 3 heteroatoms. The van der Waals surface area contributed by atoms with Gasteiger partial charge in [-0.25, -0.2) is 0 Å². The molecule has 1 fully saturated rings. The Labute approximate surface area is 94.7 Å². The highest BCUT2D eigenvalue weighted by molar-refractivity contribution is 6.94. The van der Waals surface area contributed by atoms with Gasteiger partial charge in [-0.15, -0.1) is 0 Å². The van der Waals surface area contributed by atoms with E-state index in [2.05, 4.69) is 50.0 Å². The van der Waals surface area contributed by atoms with Gasteiger partial charge in [0.2, 0.25) is 8.32 Å². The van der Waals surface area contributed by atoms with Crippen LogP contribution in [0.5, 0.6) is 0 Å². The maximum absolute atomic E-state index is 6.53. The Hall–Kier alpha value is -0.386. The van der Waals surface area contributed by atoms with Crippen LogP contribution in [-0.2, 0) is 4.12 Å². The maximum Gasteiger partial charge on any atom is 0.209 e. The lowest BCUT2D eigenvalue weighted by Crippen LogP contribution is -2.57.